The maximum Gasteiger partial charge on any atom is 0.349 e. The first-order chi connectivity index (χ1) is 14.5. The average molecular weight is 428 g/mol. The van der Waals surface area contributed by atoms with E-state index in [1.807, 2.05) is 19.2 Å². The fraction of sp³-hybridized carbons (Fsp3) is 0.500. The van der Waals surface area contributed by atoms with Crippen molar-refractivity contribution in [2.45, 2.75) is 64.0 Å². The molecule has 30 heavy (non-hydrogen) atoms. The molecule has 6 heteroatoms. The highest BCUT2D eigenvalue weighted by Gasteiger charge is 2.29. The van der Waals surface area contributed by atoms with Gasteiger partial charge in [0.2, 0.25) is 0 Å². The van der Waals surface area contributed by atoms with Gasteiger partial charge in [0.15, 0.2) is 6.10 Å². The molecule has 160 valence electrons. The molecule has 0 bridgehead atoms. The Hall–Kier alpha value is -2.34. The zero-order valence-electron chi connectivity index (χ0n) is 17.9. The molecule has 1 fully saturated rings. The Morgan fingerprint density at radius 1 is 1.10 bits per heavy atom. The molecule has 0 N–H and O–H groups in total. The highest BCUT2D eigenvalue weighted by Crippen LogP contribution is 2.41. The molecule has 0 radical (unpaired) electrons. The summed E-state index contributed by atoms with van der Waals surface area (Å²) in [6.07, 6.45) is 6.65. The third-order valence-electron chi connectivity index (χ3n) is 6.33. The highest BCUT2D eigenvalue weighted by molar-refractivity contribution is 7.17. The van der Waals surface area contributed by atoms with E-state index in [2.05, 4.69) is 12.1 Å². The van der Waals surface area contributed by atoms with Crippen LogP contribution in [0.2, 0.25) is 0 Å². The van der Waals surface area contributed by atoms with Crippen molar-refractivity contribution in [1.82, 2.24) is 4.90 Å². The van der Waals surface area contributed by atoms with Crippen molar-refractivity contribution in [3.8, 4) is 16.2 Å². The SMILES string of the molecule is COc1ccc2c(c1)CCc1cc(C(=O)O[C@@H](C)C(=O)N(C)C3CCCCC3)sc1-2. The Morgan fingerprint density at radius 2 is 1.83 bits per heavy atom. The Kier molecular flexibility index (Phi) is 6.14. The number of hydrogen-bond donors (Lipinski definition) is 0. The van der Waals surface area contributed by atoms with Gasteiger partial charge in [0.1, 0.15) is 10.6 Å². The summed E-state index contributed by atoms with van der Waals surface area (Å²) >= 11 is 1.45. The zero-order chi connectivity index (χ0) is 21.3. The molecule has 1 amide bonds. The predicted octanol–water partition coefficient (Wildman–Crippen LogP) is 4.86. The van der Waals surface area contributed by atoms with Gasteiger partial charge < -0.3 is 14.4 Å². The van der Waals surface area contributed by atoms with Gasteiger partial charge >= 0.3 is 5.97 Å². The van der Waals surface area contributed by atoms with Crippen LogP contribution in [0.3, 0.4) is 0 Å². The van der Waals surface area contributed by atoms with Crippen LogP contribution in [0.5, 0.6) is 5.75 Å². The first kappa shape index (κ1) is 20.9. The lowest BCUT2D eigenvalue weighted by Gasteiger charge is -2.32. The number of rotatable bonds is 5. The fourth-order valence-corrected chi connectivity index (χ4v) is 5.70. The minimum Gasteiger partial charge on any atom is -0.497 e. The number of hydrogen-bond acceptors (Lipinski definition) is 5. The minimum absolute atomic E-state index is 0.117. The number of carbonyl (C=O) groups is 2. The van der Waals surface area contributed by atoms with E-state index in [0.29, 0.717) is 4.88 Å². The number of esters is 1. The predicted molar refractivity (Wildman–Crippen MR) is 118 cm³/mol. The van der Waals surface area contributed by atoms with Crippen LogP contribution in [-0.2, 0) is 22.4 Å². The first-order valence-corrected chi connectivity index (χ1v) is 11.6. The summed E-state index contributed by atoms with van der Waals surface area (Å²) in [5, 5.41) is 0. The summed E-state index contributed by atoms with van der Waals surface area (Å²) in [4.78, 5) is 29.0. The van der Waals surface area contributed by atoms with E-state index in [4.69, 9.17) is 9.47 Å². The van der Waals surface area contributed by atoms with Crippen LogP contribution in [0.1, 0.15) is 59.8 Å². The van der Waals surface area contributed by atoms with E-state index >= 15 is 0 Å². The lowest BCUT2D eigenvalue weighted by Crippen LogP contribution is -2.44. The lowest BCUT2D eigenvalue weighted by atomic mass is 9.91. The number of aryl methyl sites for hydroxylation is 2. The molecule has 1 atom stereocenters. The summed E-state index contributed by atoms with van der Waals surface area (Å²) in [7, 11) is 3.50. The molecule has 0 spiro atoms. The number of ether oxygens (including phenoxy) is 2. The third kappa shape index (κ3) is 4.10. The number of methoxy groups -OCH3 is 1. The number of thiophene rings is 1. The van der Waals surface area contributed by atoms with Crippen LogP contribution in [0.4, 0.5) is 0 Å². The molecule has 1 heterocycles. The van der Waals surface area contributed by atoms with Gasteiger partial charge in [-0.2, -0.15) is 0 Å². The summed E-state index contributed by atoms with van der Waals surface area (Å²) in [5.41, 5.74) is 3.56. The fourth-order valence-electron chi connectivity index (χ4n) is 4.54. The zero-order valence-corrected chi connectivity index (χ0v) is 18.7. The number of nitrogens with zero attached hydrogens (tertiary/aromatic N) is 1. The molecule has 0 saturated heterocycles. The van der Waals surface area contributed by atoms with Crippen molar-refractivity contribution < 1.29 is 19.1 Å². The van der Waals surface area contributed by atoms with E-state index in [0.717, 1.165) is 54.7 Å². The summed E-state index contributed by atoms with van der Waals surface area (Å²) in [5.74, 6) is 0.319. The van der Waals surface area contributed by atoms with E-state index in [9.17, 15) is 9.59 Å². The van der Waals surface area contributed by atoms with Crippen molar-refractivity contribution in [2.75, 3.05) is 14.2 Å². The average Bonchev–Trinajstić information content (AvgIpc) is 3.23. The van der Waals surface area contributed by atoms with Crippen LogP contribution in [0.15, 0.2) is 24.3 Å². The molecule has 2 aromatic rings. The van der Waals surface area contributed by atoms with Gasteiger partial charge in [-0.3, -0.25) is 4.79 Å². The first-order valence-electron chi connectivity index (χ1n) is 10.8. The van der Waals surface area contributed by atoms with Gasteiger partial charge in [0, 0.05) is 18.0 Å². The van der Waals surface area contributed by atoms with Crippen LogP contribution in [-0.4, -0.2) is 43.1 Å². The molecule has 0 unspecified atom stereocenters. The molecule has 2 aliphatic rings. The van der Waals surface area contributed by atoms with Crippen LogP contribution >= 0.6 is 11.3 Å². The molecule has 1 saturated carbocycles. The summed E-state index contributed by atoms with van der Waals surface area (Å²) in [6.45, 7) is 1.68. The second-order valence-corrected chi connectivity index (χ2v) is 9.33. The Labute approximate surface area is 182 Å². The number of likely N-dealkylation sites (N-methyl/N-ethyl adjacent to an activating group) is 1. The Balaban J connectivity index is 1.45. The molecule has 5 nitrogen and oxygen atoms in total. The van der Waals surface area contributed by atoms with Crippen molar-refractivity contribution in [3.63, 3.8) is 0 Å². The maximum absolute atomic E-state index is 12.8. The van der Waals surface area contributed by atoms with Crippen LogP contribution < -0.4 is 4.74 Å². The quantitative estimate of drug-likeness (QED) is 0.640. The van der Waals surface area contributed by atoms with Gasteiger partial charge in [-0.25, -0.2) is 4.79 Å². The van der Waals surface area contributed by atoms with E-state index in [-0.39, 0.29) is 11.9 Å². The van der Waals surface area contributed by atoms with Gasteiger partial charge in [0.05, 0.1) is 7.11 Å². The molecule has 1 aromatic carbocycles. The Morgan fingerprint density at radius 3 is 2.57 bits per heavy atom. The number of fused-ring (bicyclic) bond motifs is 3. The van der Waals surface area contributed by atoms with E-state index in [1.54, 1.807) is 18.9 Å². The largest absolute Gasteiger partial charge is 0.497 e. The highest BCUT2D eigenvalue weighted by atomic mass is 32.1. The van der Waals surface area contributed by atoms with E-state index < -0.39 is 12.1 Å². The minimum atomic E-state index is -0.778. The smallest absolute Gasteiger partial charge is 0.349 e. The standard InChI is InChI=1S/C24H29NO4S/c1-15(23(26)25(2)18-7-5-4-6-8-18)29-24(27)21-14-17-10-9-16-13-19(28-3)11-12-20(16)22(17)30-21/h11-15,18H,4-10H2,1-3H3/t15-/m0/s1. The molecule has 4 rings (SSSR count). The summed E-state index contributed by atoms with van der Waals surface area (Å²) in [6, 6.07) is 8.27. The summed E-state index contributed by atoms with van der Waals surface area (Å²) < 4.78 is 10.9. The van der Waals surface area contributed by atoms with Crippen molar-refractivity contribution in [3.05, 3.63) is 40.3 Å². The van der Waals surface area contributed by atoms with Crippen molar-refractivity contribution >= 4 is 23.2 Å². The van der Waals surface area contributed by atoms with Gasteiger partial charge in [-0.05, 0) is 73.6 Å². The molecule has 1 aromatic heterocycles. The van der Waals surface area contributed by atoms with Gasteiger partial charge in [0.25, 0.3) is 5.91 Å². The number of carbonyl (C=O) groups excluding carboxylic acids is 2. The monoisotopic (exact) mass is 427 g/mol. The number of amides is 1. The maximum atomic E-state index is 12.8. The molecular formula is C24H29NO4S. The van der Waals surface area contributed by atoms with Crippen LogP contribution in [0.25, 0.3) is 10.4 Å². The Bertz CT molecular complexity index is 945. The number of benzene rings is 1. The van der Waals surface area contributed by atoms with Crippen molar-refractivity contribution in [1.29, 1.82) is 0 Å². The normalized spacial score (nSPS) is 16.9. The molecule has 2 aliphatic carbocycles. The molecule has 0 aliphatic heterocycles. The second kappa shape index (κ2) is 8.80. The lowest BCUT2D eigenvalue weighted by molar-refractivity contribution is -0.141. The topological polar surface area (TPSA) is 55.8 Å². The van der Waals surface area contributed by atoms with Gasteiger partial charge in [-0.1, -0.05) is 19.3 Å². The molecular weight excluding hydrogens is 398 g/mol. The third-order valence-corrected chi connectivity index (χ3v) is 7.52. The van der Waals surface area contributed by atoms with Crippen LogP contribution in [0, 0.1) is 0 Å². The second-order valence-electron chi connectivity index (χ2n) is 8.28. The van der Waals surface area contributed by atoms with E-state index in [1.165, 1.54) is 28.9 Å². The van der Waals surface area contributed by atoms with Gasteiger partial charge in [-0.15, -0.1) is 11.3 Å². The van der Waals surface area contributed by atoms with Crippen molar-refractivity contribution in [2.24, 2.45) is 0 Å².